The lowest BCUT2D eigenvalue weighted by molar-refractivity contribution is 0.413. The number of aromatic nitrogens is 2. The molecule has 0 aliphatic heterocycles. The third-order valence-corrected chi connectivity index (χ3v) is 10.2. The Hall–Kier alpha value is -6.10. The zero-order chi connectivity index (χ0) is 34.3. The molecule has 0 amide bonds. The maximum absolute atomic E-state index is 5.96. The molecule has 7 aromatic carbocycles. The van der Waals surface area contributed by atoms with Crippen LogP contribution in [0, 0.1) is 0 Å². The van der Waals surface area contributed by atoms with Crippen LogP contribution in [0.15, 0.2) is 150 Å². The third kappa shape index (κ3) is 5.74. The molecule has 244 valence electrons. The van der Waals surface area contributed by atoms with Crippen molar-refractivity contribution in [1.82, 2.24) is 9.97 Å². The van der Waals surface area contributed by atoms with Gasteiger partial charge >= 0.3 is 0 Å². The maximum atomic E-state index is 5.96. The van der Waals surface area contributed by atoms with Gasteiger partial charge in [0.05, 0.1) is 18.1 Å². The van der Waals surface area contributed by atoms with E-state index >= 15 is 0 Å². The van der Waals surface area contributed by atoms with Crippen LogP contribution in [0.1, 0.15) is 22.3 Å². The summed E-state index contributed by atoms with van der Waals surface area (Å²) >= 11 is 3.74. The minimum Gasteiger partial charge on any atom is -0.496 e. The third-order valence-electron chi connectivity index (χ3n) is 9.75. The Balaban J connectivity index is 0.962. The molecule has 0 spiro atoms. The van der Waals surface area contributed by atoms with E-state index in [0.29, 0.717) is 0 Å². The van der Waals surface area contributed by atoms with Crippen molar-refractivity contribution in [2.75, 3.05) is 7.11 Å². The van der Waals surface area contributed by atoms with E-state index in [1.165, 1.54) is 54.8 Å². The Bertz CT molecular complexity index is 2590. The van der Waals surface area contributed by atoms with Crippen LogP contribution in [0.4, 0.5) is 0 Å². The van der Waals surface area contributed by atoms with Gasteiger partial charge in [0.2, 0.25) is 0 Å². The number of H-pyrrole nitrogens is 2. The number of hydrogen-bond donors (Lipinski definition) is 2. The highest BCUT2D eigenvalue weighted by Crippen LogP contribution is 2.36. The Morgan fingerprint density at radius 2 is 0.902 bits per heavy atom. The molecule has 0 aliphatic rings. The van der Waals surface area contributed by atoms with Gasteiger partial charge in [-0.05, 0) is 46.5 Å². The molecular formula is C47H33BrN2O. The van der Waals surface area contributed by atoms with E-state index in [0.717, 1.165) is 43.5 Å². The van der Waals surface area contributed by atoms with E-state index in [1.54, 1.807) is 7.11 Å². The van der Waals surface area contributed by atoms with Gasteiger partial charge in [-0.15, -0.1) is 0 Å². The summed E-state index contributed by atoms with van der Waals surface area (Å²) in [4.78, 5) is 7.26. The number of benzene rings is 7. The SMILES string of the molecule is COc1c(C=Cc2ccc(-c3cccc4c3[nH]c3ccccc34)cc2)cc(Br)cc1C=Cc1ccc(-c2cccc3c2[nH]c2ccccc23)cc1. The van der Waals surface area contributed by atoms with Gasteiger partial charge < -0.3 is 14.7 Å². The Labute approximate surface area is 304 Å². The number of para-hydroxylation sites is 4. The fraction of sp³-hybridized carbons (Fsp3) is 0.0213. The normalized spacial score (nSPS) is 12.0. The van der Waals surface area contributed by atoms with Crippen molar-refractivity contribution in [2.45, 2.75) is 0 Å². The molecule has 2 heterocycles. The molecule has 9 aromatic rings. The molecule has 9 rings (SSSR count). The minimum absolute atomic E-state index is 0.829. The van der Waals surface area contributed by atoms with E-state index in [1.807, 2.05) is 0 Å². The quantitative estimate of drug-likeness (QED) is 0.158. The van der Waals surface area contributed by atoms with Gasteiger partial charge in [0, 0.05) is 59.3 Å². The summed E-state index contributed by atoms with van der Waals surface area (Å²) in [7, 11) is 1.73. The second-order valence-corrected chi connectivity index (χ2v) is 13.7. The second-order valence-electron chi connectivity index (χ2n) is 12.8. The smallest absolute Gasteiger partial charge is 0.133 e. The highest BCUT2D eigenvalue weighted by atomic mass is 79.9. The summed E-state index contributed by atoms with van der Waals surface area (Å²) in [6.07, 6.45) is 8.51. The first-order chi connectivity index (χ1) is 25.1. The molecule has 0 saturated carbocycles. The Morgan fingerprint density at radius 1 is 0.471 bits per heavy atom. The average molecular weight is 722 g/mol. The van der Waals surface area contributed by atoms with E-state index in [-0.39, 0.29) is 0 Å². The van der Waals surface area contributed by atoms with E-state index < -0.39 is 0 Å². The Morgan fingerprint density at radius 3 is 1.35 bits per heavy atom. The fourth-order valence-corrected chi connectivity index (χ4v) is 7.76. The number of fused-ring (bicyclic) bond motifs is 6. The lowest BCUT2D eigenvalue weighted by Crippen LogP contribution is -1.91. The van der Waals surface area contributed by atoms with E-state index in [2.05, 4.69) is 196 Å². The van der Waals surface area contributed by atoms with Gasteiger partial charge in [-0.25, -0.2) is 0 Å². The number of nitrogens with one attached hydrogen (secondary N) is 2. The summed E-state index contributed by atoms with van der Waals surface area (Å²) in [6, 6.07) is 51.6. The van der Waals surface area contributed by atoms with Crippen LogP contribution in [0.2, 0.25) is 0 Å². The van der Waals surface area contributed by atoms with E-state index in [9.17, 15) is 0 Å². The molecule has 0 aliphatic carbocycles. The number of ether oxygens (including phenoxy) is 1. The summed E-state index contributed by atoms with van der Waals surface area (Å²) in [6.45, 7) is 0. The molecule has 0 radical (unpaired) electrons. The number of rotatable bonds is 7. The molecule has 2 N–H and O–H groups in total. The van der Waals surface area contributed by atoms with Crippen LogP contribution in [0.3, 0.4) is 0 Å². The molecule has 0 unspecified atom stereocenters. The standard InChI is InChI=1S/C47H33BrN2O/c1-51-47-34(26-20-30-16-22-32(23-17-30)37-10-6-12-41-39-8-2-4-14-43(39)49-45(37)41)28-36(48)29-35(47)27-21-31-18-24-33(25-19-31)38-11-7-13-42-40-9-3-5-15-44(40)50-46(38)42/h2-29,49-50H,1H3. The van der Waals surface area contributed by atoms with Crippen molar-refractivity contribution < 1.29 is 4.74 Å². The molecule has 0 bridgehead atoms. The number of halogens is 1. The average Bonchev–Trinajstić information content (AvgIpc) is 3.75. The largest absolute Gasteiger partial charge is 0.496 e. The van der Waals surface area contributed by atoms with Crippen LogP contribution in [0.5, 0.6) is 5.75 Å². The maximum Gasteiger partial charge on any atom is 0.133 e. The number of aromatic amines is 2. The zero-order valence-corrected chi connectivity index (χ0v) is 29.5. The monoisotopic (exact) mass is 720 g/mol. The highest BCUT2D eigenvalue weighted by Gasteiger charge is 2.12. The van der Waals surface area contributed by atoms with Gasteiger partial charge in [-0.2, -0.15) is 0 Å². The van der Waals surface area contributed by atoms with Crippen LogP contribution in [0.25, 0.3) is 90.2 Å². The minimum atomic E-state index is 0.829. The van der Waals surface area contributed by atoms with Crippen LogP contribution >= 0.6 is 15.9 Å². The molecule has 51 heavy (non-hydrogen) atoms. The van der Waals surface area contributed by atoms with E-state index in [4.69, 9.17) is 4.74 Å². The molecule has 0 atom stereocenters. The van der Waals surface area contributed by atoms with Gasteiger partial charge in [-0.3, -0.25) is 0 Å². The molecule has 2 aromatic heterocycles. The Kier molecular flexibility index (Phi) is 7.87. The topological polar surface area (TPSA) is 40.8 Å². The second kappa shape index (κ2) is 13.0. The summed E-state index contributed by atoms with van der Waals surface area (Å²) in [5, 5.41) is 4.99. The van der Waals surface area contributed by atoms with Crippen molar-refractivity contribution in [3.63, 3.8) is 0 Å². The predicted octanol–water partition coefficient (Wildman–Crippen LogP) is 13.4. The number of methoxy groups -OCH3 is 1. The molecule has 0 saturated heterocycles. The summed E-state index contributed by atoms with van der Waals surface area (Å²) in [5.41, 5.74) is 13.6. The van der Waals surface area contributed by atoms with Crippen LogP contribution < -0.4 is 4.74 Å². The first-order valence-electron chi connectivity index (χ1n) is 17.1. The lowest BCUT2D eigenvalue weighted by Gasteiger charge is -2.10. The number of hydrogen-bond acceptors (Lipinski definition) is 1. The van der Waals surface area contributed by atoms with Crippen LogP contribution in [-0.4, -0.2) is 17.1 Å². The van der Waals surface area contributed by atoms with Gasteiger partial charge in [0.15, 0.2) is 0 Å². The van der Waals surface area contributed by atoms with Crippen molar-refractivity contribution in [1.29, 1.82) is 0 Å². The van der Waals surface area contributed by atoms with Gasteiger partial charge in [0.1, 0.15) is 5.75 Å². The van der Waals surface area contributed by atoms with Crippen molar-refractivity contribution in [3.8, 4) is 28.0 Å². The first-order valence-corrected chi connectivity index (χ1v) is 17.9. The first kappa shape index (κ1) is 30.9. The lowest BCUT2D eigenvalue weighted by atomic mass is 10.00. The van der Waals surface area contributed by atoms with Crippen molar-refractivity contribution in [3.05, 3.63) is 172 Å². The summed E-state index contributed by atoms with van der Waals surface area (Å²) in [5.74, 6) is 0.829. The highest BCUT2D eigenvalue weighted by molar-refractivity contribution is 9.10. The predicted molar refractivity (Wildman–Crippen MR) is 221 cm³/mol. The van der Waals surface area contributed by atoms with Crippen LogP contribution in [-0.2, 0) is 0 Å². The van der Waals surface area contributed by atoms with Crippen molar-refractivity contribution >= 4 is 83.8 Å². The fourth-order valence-electron chi connectivity index (χ4n) is 7.27. The zero-order valence-electron chi connectivity index (χ0n) is 28.0. The van der Waals surface area contributed by atoms with Crippen molar-refractivity contribution in [2.24, 2.45) is 0 Å². The van der Waals surface area contributed by atoms with Gasteiger partial charge in [-0.1, -0.05) is 162 Å². The molecule has 0 fully saturated rings. The molecule has 4 heteroatoms. The summed E-state index contributed by atoms with van der Waals surface area (Å²) < 4.78 is 6.96. The molecule has 3 nitrogen and oxygen atoms in total. The molecular weight excluding hydrogens is 688 g/mol. The van der Waals surface area contributed by atoms with Gasteiger partial charge in [0.25, 0.3) is 0 Å².